The van der Waals surface area contributed by atoms with E-state index in [1.54, 1.807) is 0 Å². The van der Waals surface area contributed by atoms with Crippen LogP contribution in [-0.2, 0) is 9.53 Å². The summed E-state index contributed by atoms with van der Waals surface area (Å²) in [5.41, 5.74) is 0. The molecule has 2 heteroatoms. The third kappa shape index (κ3) is 0.442. The molecule has 2 bridgehead atoms. The van der Waals surface area contributed by atoms with Crippen LogP contribution in [0, 0.1) is 23.7 Å². The summed E-state index contributed by atoms with van der Waals surface area (Å²) in [5.74, 6) is 3.14. The van der Waals surface area contributed by atoms with E-state index < -0.39 is 0 Å². The summed E-state index contributed by atoms with van der Waals surface area (Å²) >= 11 is 0. The molecular formula is C9H10O2. The Kier molecular flexibility index (Phi) is 0.620. The third-order valence-corrected chi connectivity index (χ3v) is 4.05. The molecule has 1 aliphatic heterocycles. The quantitative estimate of drug-likeness (QED) is 0.473. The Morgan fingerprint density at radius 1 is 1.18 bits per heavy atom. The number of carbonyl (C=O) groups excluding carboxylic acids is 1. The van der Waals surface area contributed by atoms with E-state index in [1.165, 1.54) is 6.42 Å². The van der Waals surface area contributed by atoms with Crippen LogP contribution in [0.2, 0.25) is 0 Å². The fraction of sp³-hybridized carbons (Fsp3) is 0.889. The van der Waals surface area contributed by atoms with Crippen LogP contribution in [0.5, 0.6) is 0 Å². The number of hydrogen-bond donors (Lipinski definition) is 0. The molecule has 5 fully saturated rings. The number of epoxide rings is 1. The highest BCUT2D eigenvalue weighted by atomic mass is 16.6. The maximum absolute atomic E-state index is 11.4. The van der Waals surface area contributed by atoms with E-state index in [1.807, 2.05) is 0 Å². The van der Waals surface area contributed by atoms with Crippen molar-refractivity contribution in [2.45, 2.75) is 25.0 Å². The minimum absolute atomic E-state index is 0.343. The van der Waals surface area contributed by atoms with Crippen molar-refractivity contribution in [2.75, 3.05) is 0 Å². The predicted molar refractivity (Wildman–Crippen MR) is 36.9 cm³/mol. The Morgan fingerprint density at radius 2 is 2.09 bits per heavy atom. The van der Waals surface area contributed by atoms with Crippen molar-refractivity contribution < 1.29 is 9.53 Å². The van der Waals surface area contributed by atoms with Gasteiger partial charge >= 0.3 is 0 Å². The summed E-state index contributed by atoms with van der Waals surface area (Å²) < 4.78 is 5.52. The Hall–Kier alpha value is -0.370. The molecule has 1 heterocycles. The second-order valence-electron chi connectivity index (χ2n) is 4.49. The fourth-order valence-corrected chi connectivity index (χ4v) is 3.46. The Balaban J connectivity index is 1.87. The van der Waals surface area contributed by atoms with E-state index in [4.69, 9.17) is 4.74 Å². The van der Waals surface area contributed by atoms with Crippen molar-refractivity contribution in [3.63, 3.8) is 0 Å². The lowest BCUT2D eigenvalue weighted by molar-refractivity contribution is -0.128. The third-order valence-electron chi connectivity index (χ3n) is 4.05. The molecule has 0 radical (unpaired) electrons. The van der Waals surface area contributed by atoms with Gasteiger partial charge in [-0.25, -0.2) is 0 Å². The van der Waals surface area contributed by atoms with E-state index in [-0.39, 0.29) is 0 Å². The van der Waals surface area contributed by atoms with Crippen molar-refractivity contribution in [1.82, 2.24) is 0 Å². The van der Waals surface area contributed by atoms with Gasteiger partial charge in [0.15, 0.2) is 0 Å². The SMILES string of the molecule is O=C1C[C@H]2[C@H]3C[C@H]3[C@@H]1[C@H]1O[C@@H]21. The molecule has 0 aromatic heterocycles. The van der Waals surface area contributed by atoms with Gasteiger partial charge in [0.05, 0.1) is 12.2 Å². The van der Waals surface area contributed by atoms with Gasteiger partial charge in [0.2, 0.25) is 0 Å². The van der Waals surface area contributed by atoms with E-state index in [2.05, 4.69) is 0 Å². The normalized spacial score (nSPS) is 68.9. The summed E-state index contributed by atoms with van der Waals surface area (Å²) in [6.07, 6.45) is 3.07. The van der Waals surface area contributed by atoms with Crippen molar-refractivity contribution in [2.24, 2.45) is 23.7 Å². The van der Waals surface area contributed by atoms with Crippen molar-refractivity contribution in [3.8, 4) is 0 Å². The number of carbonyl (C=O) groups is 1. The minimum atomic E-state index is 0.343. The van der Waals surface area contributed by atoms with Gasteiger partial charge in [0, 0.05) is 12.3 Å². The van der Waals surface area contributed by atoms with E-state index in [0.29, 0.717) is 29.8 Å². The molecule has 4 aliphatic carbocycles. The molecule has 1 saturated heterocycles. The first-order valence-corrected chi connectivity index (χ1v) is 4.54. The van der Waals surface area contributed by atoms with E-state index in [0.717, 1.165) is 18.3 Å². The topological polar surface area (TPSA) is 29.6 Å². The molecule has 4 saturated carbocycles. The van der Waals surface area contributed by atoms with Crippen molar-refractivity contribution >= 4 is 5.78 Å². The van der Waals surface area contributed by atoms with Gasteiger partial charge in [-0.1, -0.05) is 0 Å². The van der Waals surface area contributed by atoms with Crippen molar-refractivity contribution in [3.05, 3.63) is 0 Å². The molecule has 0 amide bonds. The number of ketones is 1. The fourth-order valence-electron chi connectivity index (χ4n) is 3.46. The van der Waals surface area contributed by atoms with Crippen LogP contribution >= 0.6 is 0 Å². The molecule has 6 atom stereocenters. The number of fused-ring (bicyclic) bond motifs is 1. The van der Waals surface area contributed by atoms with Crippen LogP contribution in [-0.4, -0.2) is 18.0 Å². The summed E-state index contributed by atoms with van der Waals surface area (Å²) in [6, 6.07) is 0. The standard InChI is InChI=1S/C9H10O2/c10-6-2-5-3-1-4(3)7(6)9-8(5)11-9/h3-5,7-9H,1-2H2/t3-,4+,5-,7-,8-,9+/m0/s1. The number of ether oxygens (including phenoxy) is 1. The molecule has 0 N–H and O–H groups in total. The van der Waals surface area contributed by atoms with Crippen LogP contribution in [0.3, 0.4) is 0 Å². The highest BCUT2D eigenvalue weighted by Crippen LogP contribution is 2.66. The summed E-state index contributed by atoms with van der Waals surface area (Å²) in [6.45, 7) is 0. The average Bonchev–Trinajstić information content (AvgIpc) is 2.79. The zero-order valence-corrected chi connectivity index (χ0v) is 6.19. The molecule has 2 nitrogen and oxygen atoms in total. The lowest BCUT2D eigenvalue weighted by Crippen LogP contribution is -2.40. The van der Waals surface area contributed by atoms with Gasteiger partial charge in [0.25, 0.3) is 0 Å². The second kappa shape index (κ2) is 1.28. The Morgan fingerprint density at radius 3 is 2.91 bits per heavy atom. The first-order chi connectivity index (χ1) is 5.36. The smallest absolute Gasteiger partial charge is 0.139 e. The number of rotatable bonds is 0. The number of Topliss-reactive ketones (excluding diaryl/α,β-unsaturated/α-hetero) is 1. The molecule has 0 aromatic rings. The molecular weight excluding hydrogens is 140 g/mol. The van der Waals surface area contributed by atoms with Crippen molar-refractivity contribution in [1.29, 1.82) is 0 Å². The molecule has 5 aliphatic rings. The maximum atomic E-state index is 11.4. The van der Waals surface area contributed by atoms with Crippen LogP contribution in [0.1, 0.15) is 12.8 Å². The lowest BCUT2D eigenvalue weighted by atomic mass is 9.70. The van der Waals surface area contributed by atoms with Gasteiger partial charge in [-0.2, -0.15) is 0 Å². The second-order valence-corrected chi connectivity index (χ2v) is 4.49. The summed E-state index contributed by atoms with van der Waals surface area (Å²) in [7, 11) is 0. The predicted octanol–water partition coefficient (Wildman–Crippen LogP) is 0.609. The zero-order chi connectivity index (χ0) is 7.16. The Bertz CT molecular complexity index is 242. The summed E-state index contributed by atoms with van der Waals surface area (Å²) in [5, 5.41) is 0. The van der Waals surface area contributed by atoms with E-state index in [9.17, 15) is 4.79 Å². The number of hydrogen-bond acceptors (Lipinski definition) is 2. The Labute approximate surface area is 64.9 Å². The molecule has 0 unspecified atom stereocenters. The first-order valence-electron chi connectivity index (χ1n) is 4.54. The van der Waals surface area contributed by atoms with Gasteiger partial charge in [-0.15, -0.1) is 0 Å². The highest BCUT2D eigenvalue weighted by molar-refractivity contribution is 5.86. The van der Waals surface area contributed by atoms with Crippen LogP contribution in [0.25, 0.3) is 0 Å². The lowest BCUT2D eigenvalue weighted by Gasteiger charge is -2.29. The average molecular weight is 150 g/mol. The van der Waals surface area contributed by atoms with Crippen LogP contribution in [0.4, 0.5) is 0 Å². The molecule has 5 rings (SSSR count). The molecule has 0 spiro atoms. The van der Waals surface area contributed by atoms with Gasteiger partial charge < -0.3 is 4.74 Å². The van der Waals surface area contributed by atoms with E-state index >= 15 is 0 Å². The zero-order valence-electron chi connectivity index (χ0n) is 6.19. The first kappa shape index (κ1) is 5.31. The van der Waals surface area contributed by atoms with Crippen LogP contribution in [0.15, 0.2) is 0 Å². The molecule has 0 aromatic carbocycles. The van der Waals surface area contributed by atoms with Gasteiger partial charge in [0.1, 0.15) is 5.78 Å². The van der Waals surface area contributed by atoms with Crippen LogP contribution < -0.4 is 0 Å². The highest BCUT2D eigenvalue weighted by Gasteiger charge is 2.71. The largest absolute Gasteiger partial charge is 0.368 e. The summed E-state index contributed by atoms with van der Waals surface area (Å²) in [4.78, 5) is 11.4. The monoisotopic (exact) mass is 150 g/mol. The van der Waals surface area contributed by atoms with Gasteiger partial charge in [-0.05, 0) is 24.2 Å². The molecule has 58 valence electrons. The molecule has 11 heavy (non-hydrogen) atoms. The maximum Gasteiger partial charge on any atom is 0.139 e. The minimum Gasteiger partial charge on any atom is -0.368 e. The van der Waals surface area contributed by atoms with Gasteiger partial charge in [-0.3, -0.25) is 4.79 Å².